The lowest BCUT2D eigenvalue weighted by molar-refractivity contribution is -0.137. The molecule has 5 nitrogen and oxygen atoms in total. The van der Waals surface area contributed by atoms with Crippen molar-refractivity contribution in [1.82, 2.24) is 9.88 Å². The minimum absolute atomic E-state index is 0.0623. The van der Waals surface area contributed by atoms with E-state index in [2.05, 4.69) is 51.4 Å². The number of hydrogen-bond acceptors (Lipinski definition) is 3. The van der Waals surface area contributed by atoms with Gasteiger partial charge >= 0.3 is 0 Å². The maximum absolute atomic E-state index is 13.3. The second-order valence-electron chi connectivity index (χ2n) is 7.89. The Morgan fingerprint density at radius 1 is 1.25 bits per heavy atom. The third kappa shape index (κ3) is 3.83. The molecule has 2 heterocycles. The van der Waals surface area contributed by atoms with Crippen molar-refractivity contribution in [3.05, 3.63) is 58.2 Å². The van der Waals surface area contributed by atoms with Gasteiger partial charge < -0.3 is 10.2 Å². The Labute approximate surface area is 173 Å². The Kier molecular flexibility index (Phi) is 5.23. The van der Waals surface area contributed by atoms with Gasteiger partial charge in [-0.05, 0) is 66.2 Å². The molecule has 1 aliphatic heterocycles. The molecule has 0 bridgehead atoms. The second-order valence-corrected chi connectivity index (χ2v) is 8.81. The molecule has 2 fully saturated rings. The number of rotatable bonds is 4. The molecule has 2 aromatic rings. The highest BCUT2D eigenvalue weighted by Gasteiger charge is 2.53. The number of aromatic nitrogens is 1. The van der Waals surface area contributed by atoms with Gasteiger partial charge in [0.15, 0.2) is 0 Å². The average molecular weight is 442 g/mol. The van der Waals surface area contributed by atoms with Gasteiger partial charge in [-0.15, -0.1) is 0 Å². The van der Waals surface area contributed by atoms with Gasteiger partial charge in [0, 0.05) is 23.8 Å². The molecule has 1 aromatic carbocycles. The van der Waals surface area contributed by atoms with E-state index in [0.717, 1.165) is 42.3 Å². The Bertz CT molecular complexity index is 893. The molecule has 1 N–H and O–H groups in total. The zero-order valence-corrected chi connectivity index (χ0v) is 17.5. The summed E-state index contributed by atoms with van der Waals surface area (Å²) in [5, 5.41) is 2.88. The highest BCUT2D eigenvalue weighted by Crippen LogP contribution is 2.50. The molecule has 2 aliphatic rings. The van der Waals surface area contributed by atoms with E-state index in [1.165, 1.54) is 5.56 Å². The number of carbonyl (C=O) groups is 2. The number of aryl methyl sites for hydroxylation is 1. The highest BCUT2D eigenvalue weighted by atomic mass is 79.9. The Morgan fingerprint density at radius 2 is 2.07 bits per heavy atom. The molecule has 1 saturated carbocycles. The monoisotopic (exact) mass is 441 g/mol. The van der Waals surface area contributed by atoms with Crippen LogP contribution in [0.3, 0.4) is 0 Å². The lowest BCUT2D eigenvalue weighted by atomic mass is 9.90. The minimum Gasteiger partial charge on any atom is -0.341 e. The van der Waals surface area contributed by atoms with Crippen molar-refractivity contribution in [1.29, 1.82) is 0 Å². The van der Waals surface area contributed by atoms with E-state index in [1.807, 2.05) is 17.0 Å². The largest absolute Gasteiger partial charge is 0.341 e. The second kappa shape index (κ2) is 7.66. The van der Waals surface area contributed by atoms with Crippen LogP contribution < -0.4 is 5.32 Å². The van der Waals surface area contributed by atoms with Crippen molar-refractivity contribution >= 4 is 33.6 Å². The summed E-state index contributed by atoms with van der Waals surface area (Å²) in [6, 6.07) is 11.9. The molecule has 28 heavy (non-hydrogen) atoms. The van der Waals surface area contributed by atoms with Crippen molar-refractivity contribution < 1.29 is 9.59 Å². The van der Waals surface area contributed by atoms with E-state index in [1.54, 1.807) is 12.3 Å². The summed E-state index contributed by atoms with van der Waals surface area (Å²) in [6.07, 6.45) is 5.09. The standard InChI is InChI=1S/C22H24BrN3O2/c1-15-4-2-6-17(12-15)22(9-10-22)21(28)26-11-3-5-16(14-26)20(27)25-19-8-7-18(23)13-24-19/h2,4,6-8,12-13,16H,3,5,9-11,14H2,1H3,(H,24,25,27). The van der Waals surface area contributed by atoms with Crippen LogP contribution >= 0.6 is 15.9 Å². The Morgan fingerprint density at radius 3 is 2.75 bits per heavy atom. The number of nitrogens with one attached hydrogen (secondary N) is 1. The summed E-state index contributed by atoms with van der Waals surface area (Å²) < 4.78 is 0.866. The highest BCUT2D eigenvalue weighted by molar-refractivity contribution is 9.10. The first-order valence-electron chi connectivity index (χ1n) is 9.77. The number of amides is 2. The minimum atomic E-state index is -0.377. The van der Waals surface area contributed by atoms with Gasteiger partial charge in [-0.3, -0.25) is 9.59 Å². The maximum atomic E-state index is 13.3. The van der Waals surface area contributed by atoms with Gasteiger partial charge in [0.1, 0.15) is 5.82 Å². The number of anilines is 1. The lowest BCUT2D eigenvalue weighted by Crippen LogP contribution is -2.47. The van der Waals surface area contributed by atoms with Crippen molar-refractivity contribution in [3.8, 4) is 0 Å². The van der Waals surface area contributed by atoms with Crippen LogP contribution in [0.2, 0.25) is 0 Å². The predicted octanol–water partition coefficient (Wildman–Crippen LogP) is 4.06. The Balaban J connectivity index is 1.44. The molecule has 0 radical (unpaired) electrons. The number of benzene rings is 1. The molecule has 1 aliphatic carbocycles. The molecular weight excluding hydrogens is 418 g/mol. The molecule has 1 unspecified atom stereocenters. The van der Waals surface area contributed by atoms with Gasteiger partial charge in [-0.25, -0.2) is 4.98 Å². The number of halogens is 1. The number of nitrogens with zero attached hydrogens (tertiary/aromatic N) is 2. The first-order chi connectivity index (χ1) is 13.5. The van der Waals surface area contributed by atoms with Crippen molar-refractivity contribution in [2.45, 2.75) is 38.0 Å². The molecule has 1 atom stereocenters. The summed E-state index contributed by atoms with van der Waals surface area (Å²) in [5.41, 5.74) is 1.91. The van der Waals surface area contributed by atoms with E-state index in [9.17, 15) is 9.59 Å². The van der Waals surface area contributed by atoms with Crippen molar-refractivity contribution in [2.75, 3.05) is 18.4 Å². The quantitative estimate of drug-likeness (QED) is 0.777. The van der Waals surface area contributed by atoms with Gasteiger partial charge in [0.05, 0.1) is 11.3 Å². The zero-order valence-electron chi connectivity index (χ0n) is 16.0. The van der Waals surface area contributed by atoms with E-state index in [-0.39, 0.29) is 23.1 Å². The van der Waals surface area contributed by atoms with E-state index in [0.29, 0.717) is 12.4 Å². The van der Waals surface area contributed by atoms with Crippen LogP contribution in [-0.4, -0.2) is 34.8 Å². The van der Waals surface area contributed by atoms with Crippen LogP contribution in [0.25, 0.3) is 0 Å². The zero-order chi connectivity index (χ0) is 19.7. The van der Waals surface area contributed by atoms with E-state index >= 15 is 0 Å². The van der Waals surface area contributed by atoms with Crippen LogP contribution in [-0.2, 0) is 15.0 Å². The number of pyridine rings is 1. The van der Waals surface area contributed by atoms with Crippen LogP contribution in [0.5, 0.6) is 0 Å². The molecule has 146 valence electrons. The van der Waals surface area contributed by atoms with Crippen LogP contribution in [0.1, 0.15) is 36.8 Å². The summed E-state index contributed by atoms with van der Waals surface area (Å²) in [7, 11) is 0. The molecule has 0 spiro atoms. The topological polar surface area (TPSA) is 62.3 Å². The SMILES string of the molecule is Cc1cccc(C2(C(=O)N3CCCC(C(=O)Nc4ccc(Br)cn4)C3)CC2)c1. The Hall–Kier alpha value is -2.21. The van der Waals surface area contributed by atoms with Gasteiger partial charge in [0.25, 0.3) is 0 Å². The van der Waals surface area contributed by atoms with Crippen LogP contribution in [0.4, 0.5) is 5.82 Å². The predicted molar refractivity (Wildman–Crippen MR) is 112 cm³/mol. The lowest BCUT2D eigenvalue weighted by Gasteiger charge is -2.34. The fraction of sp³-hybridized carbons (Fsp3) is 0.409. The molecule has 4 rings (SSSR count). The molecule has 1 saturated heterocycles. The smallest absolute Gasteiger partial charge is 0.233 e. The maximum Gasteiger partial charge on any atom is 0.233 e. The van der Waals surface area contributed by atoms with Gasteiger partial charge in [0.2, 0.25) is 11.8 Å². The molecule has 1 aromatic heterocycles. The fourth-order valence-corrected chi connectivity index (χ4v) is 4.28. The summed E-state index contributed by atoms with van der Waals surface area (Å²) in [5.74, 6) is 0.455. The van der Waals surface area contributed by atoms with Crippen LogP contribution in [0.15, 0.2) is 47.1 Å². The third-order valence-electron chi connectivity index (χ3n) is 5.79. The third-order valence-corrected chi connectivity index (χ3v) is 6.26. The van der Waals surface area contributed by atoms with E-state index < -0.39 is 0 Å². The number of carbonyl (C=O) groups excluding carboxylic acids is 2. The van der Waals surface area contributed by atoms with Gasteiger partial charge in [-0.2, -0.15) is 0 Å². The number of piperidine rings is 1. The number of likely N-dealkylation sites (tertiary alicyclic amines) is 1. The molecule has 2 amide bonds. The first-order valence-corrected chi connectivity index (χ1v) is 10.6. The van der Waals surface area contributed by atoms with Crippen molar-refractivity contribution in [2.24, 2.45) is 5.92 Å². The summed E-state index contributed by atoms with van der Waals surface area (Å²) >= 11 is 3.34. The average Bonchev–Trinajstić information content (AvgIpc) is 3.51. The normalized spacial score (nSPS) is 20.5. The van der Waals surface area contributed by atoms with E-state index in [4.69, 9.17) is 0 Å². The summed E-state index contributed by atoms with van der Waals surface area (Å²) in [4.78, 5) is 32.1. The van der Waals surface area contributed by atoms with Gasteiger partial charge in [-0.1, -0.05) is 29.8 Å². The number of hydrogen-bond donors (Lipinski definition) is 1. The van der Waals surface area contributed by atoms with Crippen LogP contribution in [0, 0.1) is 12.8 Å². The fourth-order valence-electron chi connectivity index (χ4n) is 4.05. The first kappa shape index (κ1) is 19.1. The molecule has 6 heteroatoms. The molecular formula is C22H24BrN3O2. The van der Waals surface area contributed by atoms with Crippen molar-refractivity contribution in [3.63, 3.8) is 0 Å². The summed E-state index contributed by atoms with van der Waals surface area (Å²) in [6.45, 7) is 3.27.